The Kier molecular flexibility index (Phi) is 6.95. The average Bonchev–Trinajstić information content (AvgIpc) is 2.34. The molecule has 0 aliphatic carbocycles. The summed E-state index contributed by atoms with van der Waals surface area (Å²) in [6.45, 7) is 7.87. The molecule has 0 aliphatic heterocycles. The van der Waals surface area contributed by atoms with Crippen LogP contribution in [0.3, 0.4) is 0 Å². The molecular weight excluding hydrogens is 286 g/mol. The van der Waals surface area contributed by atoms with Gasteiger partial charge in [-0.05, 0) is 44.5 Å². The van der Waals surface area contributed by atoms with E-state index in [1.165, 1.54) is 37.7 Å². The SMILES string of the molecule is CCCCCCCNC(C)(C)c1ccc(Br)cc1. The molecule has 0 unspecified atom stereocenters. The van der Waals surface area contributed by atoms with E-state index in [4.69, 9.17) is 0 Å². The van der Waals surface area contributed by atoms with Gasteiger partial charge in [0.05, 0.1) is 0 Å². The molecule has 1 nitrogen and oxygen atoms in total. The first-order valence-corrected chi connectivity index (χ1v) is 7.86. The Morgan fingerprint density at radius 1 is 1.00 bits per heavy atom. The maximum absolute atomic E-state index is 3.66. The number of benzene rings is 1. The first kappa shape index (κ1) is 15.7. The molecule has 18 heavy (non-hydrogen) atoms. The van der Waals surface area contributed by atoms with Crippen molar-refractivity contribution in [3.8, 4) is 0 Å². The highest BCUT2D eigenvalue weighted by Crippen LogP contribution is 2.22. The van der Waals surface area contributed by atoms with Crippen molar-refractivity contribution in [2.45, 2.75) is 58.4 Å². The zero-order valence-electron chi connectivity index (χ0n) is 11.9. The van der Waals surface area contributed by atoms with Crippen LogP contribution in [0, 0.1) is 0 Å². The molecular formula is C16H26BrN. The Morgan fingerprint density at radius 3 is 2.22 bits per heavy atom. The average molecular weight is 312 g/mol. The molecule has 0 atom stereocenters. The van der Waals surface area contributed by atoms with Gasteiger partial charge in [-0.2, -0.15) is 0 Å². The monoisotopic (exact) mass is 311 g/mol. The molecule has 0 amide bonds. The van der Waals surface area contributed by atoms with E-state index in [9.17, 15) is 0 Å². The van der Waals surface area contributed by atoms with Gasteiger partial charge in [-0.1, -0.05) is 60.7 Å². The van der Waals surface area contributed by atoms with Crippen molar-refractivity contribution in [1.82, 2.24) is 5.32 Å². The summed E-state index contributed by atoms with van der Waals surface area (Å²) in [6.07, 6.45) is 6.68. The molecule has 1 N–H and O–H groups in total. The Balaban J connectivity index is 2.33. The molecule has 0 fully saturated rings. The van der Waals surface area contributed by atoms with Crippen LogP contribution in [0.5, 0.6) is 0 Å². The largest absolute Gasteiger partial charge is 0.308 e. The molecule has 2 heteroatoms. The molecule has 0 aromatic heterocycles. The third-order valence-corrected chi connectivity index (χ3v) is 3.94. The van der Waals surface area contributed by atoms with Crippen LogP contribution in [-0.2, 0) is 5.54 Å². The molecule has 0 heterocycles. The minimum absolute atomic E-state index is 0.0610. The Labute approximate surface area is 120 Å². The highest BCUT2D eigenvalue weighted by molar-refractivity contribution is 9.10. The highest BCUT2D eigenvalue weighted by Gasteiger charge is 2.18. The second-order valence-corrected chi connectivity index (χ2v) is 6.39. The van der Waals surface area contributed by atoms with Crippen LogP contribution in [0.4, 0.5) is 0 Å². The molecule has 1 rings (SSSR count). The summed E-state index contributed by atoms with van der Waals surface area (Å²) in [5, 5.41) is 3.66. The first-order chi connectivity index (χ1) is 8.56. The van der Waals surface area contributed by atoms with E-state index in [0.29, 0.717) is 0 Å². The lowest BCUT2D eigenvalue weighted by Crippen LogP contribution is -2.37. The summed E-state index contributed by atoms with van der Waals surface area (Å²) in [4.78, 5) is 0. The maximum Gasteiger partial charge on any atom is 0.0377 e. The summed E-state index contributed by atoms with van der Waals surface area (Å²) >= 11 is 3.48. The van der Waals surface area contributed by atoms with Crippen LogP contribution in [0.1, 0.15) is 58.4 Å². The van der Waals surface area contributed by atoms with E-state index in [1.54, 1.807) is 0 Å². The fraction of sp³-hybridized carbons (Fsp3) is 0.625. The molecule has 0 saturated carbocycles. The lowest BCUT2D eigenvalue weighted by molar-refractivity contribution is 0.395. The number of unbranched alkanes of at least 4 members (excludes halogenated alkanes) is 4. The maximum atomic E-state index is 3.66. The van der Waals surface area contributed by atoms with Crippen molar-refractivity contribution in [1.29, 1.82) is 0 Å². The van der Waals surface area contributed by atoms with Crippen molar-refractivity contribution in [2.75, 3.05) is 6.54 Å². The molecule has 0 bridgehead atoms. The quantitative estimate of drug-likeness (QED) is 0.647. The van der Waals surface area contributed by atoms with Crippen LogP contribution >= 0.6 is 15.9 Å². The van der Waals surface area contributed by atoms with Crippen molar-refractivity contribution >= 4 is 15.9 Å². The fourth-order valence-corrected chi connectivity index (χ4v) is 2.36. The first-order valence-electron chi connectivity index (χ1n) is 7.07. The van der Waals surface area contributed by atoms with Crippen molar-refractivity contribution < 1.29 is 0 Å². The van der Waals surface area contributed by atoms with E-state index < -0.39 is 0 Å². The molecule has 0 spiro atoms. The van der Waals surface area contributed by atoms with Gasteiger partial charge >= 0.3 is 0 Å². The third kappa shape index (κ3) is 5.53. The van der Waals surface area contributed by atoms with Gasteiger partial charge in [0.15, 0.2) is 0 Å². The van der Waals surface area contributed by atoms with E-state index in [-0.39, 0.29) is 5.54 Å². The molecule has 1 aromatic carbocycles. The van der Waals surface area contributed by atoms with Gasteiger partial charge in [-0.15, -0.1) is 0 Å². The van der Waals surface area contributed by atoms with Gasteiger partial charge in [0.2, 0.25) is 0 Å². The predicted octanol–water partition coefficient (Wildman–Crippen LogP) is 5.24. The smallest absolute Gasteiger partial charge is 0.0377 e. The number of hydrogen-bond acceptors (Lipinski definition) is 1. The van der Waals surface area contributed by atoms with E-state index in [2.05, 4.69) is 66.3 Å². The molecule has 0 radical (unpaired) electrons. The number of hydrogen-bond donors (Lipinski definition) is 1. The zero-order chi connectivity index (χ0) is 13.4. The topological polar surface area (TPSA) is 12.0 Å². The third-order valence-electron chi connectivity index (χ3n) is 3.41. The molecule has 1 aromatic rings. The van der Waals surface area contributed by atoms with Crippen LogP contribution in [0.15, 0.2) is 28.7 Å². The van der Waals surface area contributed by atoms with Gasteiger partial charge in [0.1, 0.15) is 0 Å². The summed E-state index contributed by atoms with van der Waals surface area (Å²) in [7, 11) is 0. The second kappa shape index (κ2) is 7.96. The normalized spacial score (nSPS) is 11.8. The van der Waals surface area contributed by atoms with E-state index in [0.717, 1.165) is 11.0 Å². The number of rotatable bonds is 8. The van der Waals surface area contributed by atoms with Crippen molar-refractivity contribution in [3.05, 3.63) is 34.3 Å². The van der Waals surface area contributed by atoms with Crippen molar-refractivity contribution in [3.63, 3.8) is 0 Å². The predicted molar refractivity (Wildman–Crippen MR) is 83.9 cm³/mol. The van der Waals surface area contributed by atoms with Crippen LogP contribution < -0.4 is 5.32 Å². The van der Waals surface area contributed by atoms with Gasteiger partial charge in [0.25, 0.3) is 0 Å². The van der Waals surface area contributed by atoms with Gasteiger partial charge < -0.3 is 5.32 Å². The van der Waals surface area contributed by atoms with Gasteiger partial charge in [-0.25, -0.2) is 0 Å². The van der Waals surface area contributed by atoms with Gasteiger partial charge in [-0.3, -0.25) is 0 Å². The Bertz CT molecular complexity index is 329. The van der Waals surface area contributed by atoms with E-state index >= 15 is 0 Å². The summed E-state index contributed by atoms with van der Waals surface area (Å²) in [5.74, 6) is 0. The summed E-state index contributed by atoms with van der Waals surface area (Å²) in [6, 6.07) is 8.60. The number of nitrogens with one attached hydrogen (secondary N) is 1. The fourth-order valence-electron chi connectivity index (χ4n) is 2.10. The van der Waals surface area contributed by atoms with Crippen LogP contribution in [0.25, 0.3) is 0 Å². The van der Waals surface area contributed by atoms with E-state index in [1.807, 2.05) is 0 Å². The minimum Gasteiger partial charge on any atom is -0.308 e. The standard InChI is InChI=1S/C16H26BrN/c1-4-5-6-7-8-13-18-16(2,3)14-9-11-15(17)12-10-14/h9-12,18H,4-8,13H2,1-3H3. The number of halogens is 1. The Hall–Kier alpha value is -0.340. The summed E-state index contributed by atoms with van der Waals surface area (Å²) in [5.41, 5.74) is 1.41. The lowest BCUT2D eigenvalue weighted by Gasteiger charge is -2.27. The molecule has 0 aliphatic rings. The molecule has 102 valence electrons. The van der Waals surface area contributed by atoms with Gasteiger partial charge in [0, 0.05) is 10.0 Å². The highest BCUT2D eigenvalue weighted by atomic mass is 79.9. The lowest BCUT2D eigenvalue weighted by atomic mass is 9.94. The zero-order valence-corrected chi connectivity index (χ0v) is 13.5. The summed E-state index contributed by atoms with van der Waals surface area (Å²) < 4.78 is 1.14. The van der Waals surface area contributed by atoms with Crippen LogP contribution in [0.2, 0.25) is 0 Å². The minimum atomic E-state index is 0.0610. The second-order valence-electron chi connectivity index (χ2n) is 5.47. The van der Waals surface area contributed by atoms with Crippen LogP contribution in [-0.4, -0.2) is 6.54 Å². The van der Waals surface area contributed by atoms with Crippen molar-refractivity contribution in [2.24, 2.45) is 0 Å². The Morgan fingerprint density at radius 2 is 1.61 bits per heavy atom. The molecule has 0 saturated heterocycles.